The van der Waals surface area contributed by atoms with Gasteiger partial charge in [-0.15, -0.1) is 0 Å². The van der Waals surface area contributed by atoms with Gasteiger partial charge in [-0.25, -0.2) is 4.79 Å². The van der Waals surface area contributed by atoms with Crippen molar-refractivity contribution in [3.8, 4) is 17.6 Å². The highest BCUT2D eigenvalue weighted by Crippen LogP contribution is 2.20. The Morgan fingerprint density at radius 2 is 1.74 bits per heavy atom. The minimum atomic E-state index is -1.02. The van der Waals surface area contributed by atoms with E-state index in [-0.39, 0.29) is 0 Å². The lowest BCUT2D eigenvalue weighted by molar-refractivity contribution is -0.131. The Kier molecular flexibility index (Phi) is 5.79. The Balaban J connectivity index is 2.40. The molecule has 2 aromatic carbocycles. The normalized spacial score (nSPS) is 10.9. The van der Waals surface area contributed by atoms with Crippen LogP contribution in [0.15, 0.2) is 72.3 Å². The second kappa shape index (κ2) is 8.26. The highest BCUT2D eigenvalue weighted by Gasteiger charge is 1.99. The maximum Gasteiger partial charge on any atom is 0.328 e. The molecule has 1 N–H and O–H groups in total. The topological polar surface area (TPSA) is 46.5 Å². The molecular formula is C20H16O3. The van der Waals surface area contributed by atoms with Crippen LogP contribution in [0, 0.1) is 11.8 Å². The minimum Gasteiger partial charge on any atom is -0.496 e. The molecule has 0 aliphatic carbocycles. The number of aliphatic carboxylic acids is 1. The molecule has 0 unspecified atom stereocenters. The highest BCUT2D eigenvalue weighted by molar-refractivity contribution is 5.81. The molecule has 0 radical (unpaired) electrons. The first-order chi connectivity index (χ1) is 11.2. The zero-order valence-corrected chi connectivity index (χ0v) is 12.7. The average molecular weight is 304 g/mol. The maximum absolute atomic E-state index is 10.8. The summed E-state index contributed by atoms with van der Waals surface area (Å²) in [7, 11) is 1.59. The number of rotatable bonds is 4. The van der Waals surface area contributed by atoms with Gasteiger partial charge in [-0.1, -0.05) is 48.2 Å². The molecule has 2 aromatic rings. The SMILES string of the molecule is COc1ccccc1/C=C(C#Cc1ccccc1)/C=C\C(=O)O. The van der Waals surface area contributed by atoms with Crippen molar-refractivity contribution in [1.29, 1.82) is 0 Å². The Morgan fingerprint density at radius 3 is 2.43 bits per heavy atom. The molecule has 0 fully saturated rings. The van der Waals surface area contributed by atoms with Crippen LogP contribution in [0.2, 0.25) is 0 Å². The van der Waals surface area contributed by atoms with E-state index in [0.717, 1.165) is 17.2 Å². The van der Waals surface area contributed by atoms with Crippen molar-refractivity contribution in [2.24, 2.45) is 0 Å². The first-order valence-corrected chi connectivity index (χ1v) is 7.02. The number of allylic oxidation sites excluding steroid dienone is 2. The number of para-hydroxylation sites is 1. The smallest absolute Gasteiger partial charge is 0.328 e. The molecule has 114 valence electrons. The molecule has 2 rings (SSSR count). The molecule has 3 heteroatoms. The number of carbonyl (C=O) groups is 1. The van der Waals surface area contributed by atoms with E-state index < -0.39 is 5.97 Å². The number of benzene rings is 2. The molecule has 0 saturated heterocycles. The lowest BCUT2D eigenvalue weighted by Crippen LogP contribution is -1.88. The molecule has 0 heterocycles. The minimum absolute atomic E-state index is 0.584. The summed E-state index contributed by atoms with van der Waals surface area (Å²) in [6.07, 6.45) is 4.35. The monoisotopic (exact) mass is 304 g/mol. The fourth-order valence-corrected chi connectivity index (χ4v) is 1.91. The zero-order chi connectivity index (χ0) is 16.5. The predicted molar refractivity (Wildman–Crippen MR) is 91.1 cm³/mol. The summed E-state index contributed by atoms with van der Waals surface area (Å²) < 4.78 is 5.30. The fourth-order valence-electron chi connectivity index (χ4n) is 1.91. The third kappa shape index (κ3) is 5.22. The van der Waals surface area contributed by atoms with Gasteiger partial charge in [0.1, 0.15) is 5.75 Å². The van der Waals surface area contributed by atoms with E-state index in [9.17, 15) is 4.79 Å². The molecular weight excluding hydrogens is 288 g/mol. The van der Waals surface area contributed by atoms with Gasteiger partial charge in [-0.2, -0.15) is 0 Å². The molecule has 3 nitrogen and oxygen atoms in total. The summed E-state index contributed by atoms with van der Waals surface area (Å²) in [6.45, 7) is 0. The summed E-state index contributed by atoms with van der Waals surface area (Å²) in [4.78, 5) is 10.8. The maximum atomic E-state index is 10.8. The third-order valence-corrected chi connectivity index (χ3v) is 2.98. The molecule has 0 saturated carbocycles. The Bertz CT molecular complexity index is 790. The van der Waals surface area contributed by atoms with E-state index in [1.54, 1.807) is 13.2 Å². The average Bonchev–Trinajstić information content (AvgIpc) is 2.58. The first-order valence-electron chi connectivity index (χ1n) is 7.02. The molecule has 0 spiro atoms. The lowest BCUT2D eigenvalue weighted by atomic mass is 10.1. The van der Waals surface area contributed by atoms with Crippen LogP contribution >= 0.6 is 0 Å². The summed E-state index contributed by atoms with van der Waals surface area (Å²) in [5.41, 5.74) is 2.28. The molecule has 0 atom stereocenters. The van der Waals surface area contributed by atoms with Gasteiger partial charge in [-0.05, 0) is 30.4 Å². The molecule has 0 aromatic heterocycles. The number of carboxylic acids is 1. The summed E-state index contributed by atoms with van der Waals surface area (Å²) in [5, 5.41) is 8.83. The largest absolute Gasteiger partial charge is 0.496 e. The van der Waals surface area contributed by atoms with Crippen LogP contribution in [0.4, 0.5) is 0 Å². The third-order valence-electron chi connectivity index (χ3n) is 2.98. The van der Waals surface area contributed by atoms with Gasteiger partial charge in [0, 0.05) is 22.8 Å². The van der Waals surface area contributed by atoms with Crippen molar-refractivity contribution in [3.05, 3.63) is 83.4 Å². The summed E-state index contributed by atoms with van der Waals surface area (Å²) in [5.74, 6) is 5.71. The van der Waals surface area contributed by atoms with E-state index in [0.29, 0.717) is 11.3 Å². The Morgan fingerprint density at radius 1 is 1.04 bits per heavy atom. The van der Waals surface area contributed by atoms with Crippen molar-refractivity contribution in [3.63, 3.8) is 0 Å². The van der Waals surface area contributed by atoms with E-state index in [2.05, 4.69) is 11.8 Å². The van der Waals surface area contributed by atoms with Crippen molar-refractivity contribution in [2.45, 2.75) is 0 Å². The lowest BCUT2D eigenvalue weighted by Gasteiger charge is -2.04. The van der Waals surface area contributed by atoms with E-state index in [1.165, 1.54) is 6.08 Å². The predicted octanol–water partition coefficient (Wildman–Crippen LogP) is 3.77. The Labute approximate surface area is 135 Å². The van der Waals surface area contributed by atoms with Crippen molar-refractivity contribution < 1.29 is 14.6 Å². The molecule has 0 aliphatic heterocycles. The van der Waals surface area contributed by atoms with Crippen molar-refractivity contribution >= 4 is 12.0 Å². The van der Waals surface area contributed by atoms with Crippen LogP contribution in [0.25, 0.3) is 6.08 Å². The Hall–Kier alpha value is -3.25. The van der Waals surface area contributed by atoms with Gasteiger partial charge in [0.25, 0.3) is 0 Å². The van der Waals surface area contributed by atoms with Crippen LogP contribution in [0.3, 0.4) is 0 Å². The van der Waals surface area contributed by atoms with Crippen LogP contribution in [-0.4, -0.2) is 18.2 Å². The first kappa shape index (κ1) is 16.1. The van der Waals surface area contributed by atoms with Gasteiger partial charge in [0.15, 0.2) is 0 Å². The second-order valence-corrected chi connectivity index (χ2v) is 4.63. The zero-order valence-electron chi connectivity index (χ0n) is 12.7. The second-order valence-electron chi connectivity index (χ2n) is 4.63. The van der Waals surface area contributed by atoms with Crippen molar-refractivity contribution in [1.82, 2.24) is 0 Å². The number of ether oxygens (including phenoxy) is 1. The molecule has 0 aliphatic rings. The van der Waals surface area contributed by atoms with Gasteiger partial charge in [0.05, 0.1) is 7.11 Å². The molecule has 23 heavy (non-hydrogen) atoms. The van der Waals surface area contributed by atoms with Gasteiger partial charge in [-0.3, -0.25) is 0 Å². The van der Waals surface area contributed by atoms with Crippen LogP contribution in [0.1, 0.15) is 11.1 Å². The highest BCUT2D eigenvalue weighted by atomic mass is 16.5. The van der Waals surface area contributed by atoms with E-state index in [1.807, 2.05) is 54.6 Å². The van der Waals surface area contributed by atoms with Crippen LogP contribution < -0.4 is 4.74 Å². The molecule has 0 bridgehead atoms. The van der Waals surface area contributed by atoms with E-state index >= 15 is 0 Å². The quantitative estimate of drug-likeness (QED) is 0.531. The summed E-state index contributed by atoms with van der Waals surface area (Å²) >= 11 is 0. The van der Waals surface area contributed by atoms with Crippen molar-refractivity contribution in [2.75, 3.05) is 7.11 Å². The van der Waals surface area contributed by atoms with Crippen LogP contribution in [0.5, 0.6) is 5.75 Å². The van der Waals surface area contributed by atoms with Crippen LogP contribution in [-0.2, 0) is 4.79 Å². The molecule has 0 amide bonds. The fraction of sp³-hybridized carbons (Fsp3) is 0.0500. The number of hydrogen-bond donors (Lipinski definition) is 1. The summed E-state index contributed by atoms with van der Waals surface area (Å²) in [6, 6.07) is 17.0. The van der Waals surface area contributed by atoms with Gasteiger partial charge >= 0.3 is 5.97 Å². The number of methoxy groups -OCH3 is 1. The van der Waals surface area contributed by atoms with Gasteiger partial charge < -0.3 is 9.84 Å². The number of carboxylic acid groups (broad SMARTS) is 1. The number of hydrogen-bond acceptors (Lipinski definition) is 2. The van der Waals surface area contributed by atoms with E-state index in [4.69, 9.17) is 9.84 Å². The standard InChI is InChI=1S/C20H16O3/c1-23-19-10-6-5-9-18(19)15-17(13-14-20(21)22)12-11-16-7-3-2-4-8-16/h2-10,13-15H,1H3,(H,21,22)/b14-13-,17-15+. The van der Waals surface area contributed by atoms with Gasteiger partial charge in [0.2, 0.25) is 0 Å².